The fourth-order valence-electron chi connectivity index (χ4n) is 2.74. The molecule has 94 valence electrons. The van der Waals surface area contributed by atoms with E-state index in [0.29, 0.717) is 6.04 Å². The lowest BCUT2D eigenvalue weighted by atomic mass is 9.98. The monoisotopic (exact) mass is 232 g/mol. The third-order valence-corrected chi connectivity index (χ3v) is 3.89. The molecule has 0 spiro atoms. The Hall–Kier alpha value is -1.02. The van der Waals surface area contributed by atoms with Gasteiger partial charge in [-0.3, -0.25) is 0 Å². The number of anilines is 1. The summed E-state index contributed by atoms with van der Waals surface area (Å²) in [6.45, 7) is 5.66. The van der Waals surface area contributed by atoms with Gasteiger partial charge in [-0.2, -0.15) is 0 Å². The zero-order valence-corrected chi connectivity index (χ0v) is 11.0. The van der Waals surface area contributed by atoms with Gasteiger partial charge >= 0.3 is 0 Å². The van der Waals surface area contributed by atoms with Gasteiger partial charge in [-0.15, -0.1) is 0 Å². The average molecular weight is 232 g/mol. The van der Waals surface area contributed by atoms with E-state index in [-0.39, 0.29) is 6.04 Å². The molecule has 2 nitrogen and oxygen atoms in total. The van der Waals surface area contributed by atoms with Crippen LogP contribution in [0.5, 0.6) is 0 Å². The highest BCUT2D eigenvalue weighted by atomic mass is 15.2. The highest BCUT2D eigenvalue weighted by Gasteiger charge is 2.21. The molecule has 2 N–H and O–H groups in total. The number of hydrogen-bond donors (Lipinski definition) is 1. The summed E-state index contributed by atoms with van der Waals surface area (Å²) in [5.41, 5.74) is 8.89. The van der Waals surface area contributed by atoms with Crippen LogP contribution in [-0.4, -0.2) is 12.6 Å². The van der Waals surface area contributed by atoms with Crippen molar-refractivity contribution in [1.29, 1.82) is 0 Å². The number of nitrogens with two attached hydrogens (primary N) is 1. The normalized spacial score (nSPS) is 22.5. The Balaban J connectivity index is 2.30. The molecule has 0 aliphatic carbocycles. The molecule has 1 unspecified atom stereocenters. The van der Waals surface area contributed by atoms with E-state index in [9.17, 15) is 0 Å². The van der Waals surface area contributed by atoms with Gasteiger partial charge in [-0.25, -0.2) is 0 Å². The van der Waals surface area contributed by atoms with E-state index in [1.807, 2.05) is 0 Å². The topological polar surface area (TPSA) is 29.3 Å². The third kappa shape index (κ3) is 2.63. The summed E-state index contributed by atoms with van der Waals surface area (Å²) in [7, 11) is 0. The maximum atomic E-state index is 6.22. The van der Waals surface area contributed by atoms with E-state index in [0.717, 1.165) is 6.42 Å². The van der Waals surface area contributed by atoms with Gasteiger partial charge in [0.25, 0.3) is 0 Å². The van der Waals surface area contributed by atoms with Crippen LogP contribution >= 0.6 is 0 Å². The molecule has 0 radical (unpaired) electrons. The lowest BCUT2D eigenvalue weighted by Crippen LogP contribution is -2.38. The molecule has 1 heterocycles. The summed E-state index contributed by atoms with van der Waals surface area (Å²) in [4.78, 5) is 2.54. The fraction of sp³-hybridized carbons (Fsp3) is 0.600. The van der Waals surface area contributed by atoms with Crippen LogP contribution in [0.2, 0.25) is 0 Å². The minimum atomic E-state index is 0.167. The largest absolute Gasteiger partial charge is 0.369 e. The smallest absolute Gasteiger partial charge is 0.0417 e. The van der Waals surface area contributed by atoms with Crippen molar-refractivity contribution in [2.45, 2.75) is 51.6 Å². The first kappa shape index (κ1) is 12.4. The molecule has 2 heteroatoms. The SMILES string of the molecule is CC[C@@H](N)c1ccccc1N1CCCCC1C. The molecule has 1 aromatic carbocycles. The second-order valence-electron chi connectivity index (χ2n) is 5.11. The number of nitrogens with zero attached hydrogens (tertiary/aromatic N) is 1. The number of hydrogen-bond acceptors (Lipinski definition) is 2. The second-order valence-corrected chi connectivity index (χ2v) is 5.11. The summed E-state index contributed by atoms with van der Waals surface area (Å²) in [6.07, 6.45) is 4.97. The van der Waals surface area contributed by atoms with E-state index in [1.165, 1.54) is 37.1 Å². The van der Waals surface area contributed by atoms with Crippen molar-refractivity contribution in [2.24, 2.45) is 5.73 Å². The molecule has 2 rings (SSSR count). The van der Waals surface area contributed by atoms with Gasteiger partial charge in [-0.05, 0) is 44.2 Å². The van der Waals surface area contributed by atoms with Crippen LogP contribution in [0.4, 0.5) is 5.69 Å². The predicted octanol–water partition coefficient (Wildman–Crippen LogP) is 3.48. The van der Waals surface area contributed by atoms with Gasteiger partial charge in [0, 0.05) is 24.3 Å². The summed E-state index contributed by atoms with van der Waals surface area (Å²) < 4.78 is 0. The van der Waals surface area contributed by atoms with Crippen molar-refractivity contribution in [1.82, 2.24) is 0 Å². The molecule has 1 aliphatic rings. The molecule has 0 saturated carbocycles. The van der Waals surface area contributed by atoms with Gasteiger partial charge in [0.15, 0.2) is 0 Å². The highest BCUT2D eigenvalue weighted by molar-refractivity contribution is 5.56. The van der Waals surface area contributed by atoms with Crippen LogP contribution in [-0.2, 0) is 0 Å². The van der Waals surface area contributed by atoms with Crippen LogP contribution in [0.15, 0.2) is 24.3 Å². The summed E-state index contributed by atoms with van der Waals surface area (Å²) >= 11 is 0. The molecular weight excluding hydrogens is 208 g/mol. The van der Waals surface area contributed by atoms with E-state index < -0.39 is 0 Å². The van der Waals surface area contributed by atoms with Crippen LogP contribution in [0, 0.1) is 0 Å². The Morgan fingerprint density at radius 2 is 2.12 bits per heavy atom. The van der Waals surface area contributed by atoms with Crippen molar-refractivity contribution in [2.75, 3.05) is 11.4 Å². The van der Waals surface area contributed by atoms with Crippen molar-refractivity contribution >= 4 is 5.69 Å². The standard InChI is InChI=1S/C15H24N2/c1-3-14(16)13-9-4-5-10-15(13)17-11-7-6-8-12(17)2/h4-5,9-10,12,14H,3,6-8,11,16H2,1-2H3/t12?,14-/m1/s1. The fourth-order valence-corrected chi connectivity index (χ4v) is 2.74. The summed E-state index contributed by atoms with van der Waals surface area (Å²) in [5.74, 6) is 0. The lowest BCUT2D eigenvalue weighted by molar-refractivity contribution is 0.482. The Morgan fingerprint density at radius 1 is 1.35 bits per heavy atom. The quantitative estimate of drug-likeness (QED) is 0.864. The van der Waals surface area contributed by atoms with Gasteiger partial charge in [0.1, 0.15) is 0 Å². The third-order valence-electron chi connectivity index (χ3n) is 3.89. The van der Waals surface area contributed by atoms with Crippen LogP contribution in [0.3, 0.4) is 0 Å². The highest BCUT2D eigenvalue weighted by Crippen LogP contribution is 2.31. The number of benzene rings is 1. The number of rotatable bonds is 3. The van der Waals surface area contributed by atoms with Crippen LogP contribution in [0.25, 0.3) is 0 Å². The van der Waals surface area contributed by atoms with Gasteiger partial charge in [0.2, 0.25) is 0 Å². The number of piperidine rings is 1. The Kier molecular flexibility index (Phi) is 4.06. The molecule has 1 saturated heterocycles. The first-order valence-electron chi connectivity index (χ1n) is 6.85. The van der Waals surface area contributed by atoms with Crippen LogP contribution in [0.1, 0.15) is 51.1 Å². The molecule has 0 amide bonds. The van der Waals surface area contributed by atoms with Crippen molar-refractivity contribution < 1.29 is 0 Å². The first-order valence-corrected chi connectivity index (χ1v) is 6.85. The van der Waals surface area contributed by atoms with E-state index in [4.69, 9.17) is 5.73 Å². The van der Waals surface area contributed by atoms with E-state index in [1.54, 1.807) is 0 Å². The maximum Gasteiger partial charge on any atom is 0.0417 e. The maximum absolute atomic E-state index is 6.22. The van der Waals surface area contributed by atoms with Gasteiger partial charge < -0.3 is 10.6 Å². The molecule has 1 fully saturated rings. The van der Waals surface area contributed by atoms with Crippen molar-refractivity contribution in [3.8, 4) is 0 Å². The molecule has 1 aromatic rings. The molecule has 1 aliphatic heterocycles. The zero-order chi connectivity index (χ0) is 12.3. The van der Waals surface area contributed by atoms with E-state index in [2.05, 4.69) is 43.0 Å². The molecule has 0 bridgehead atoms. The molecule has 17 heavy (non-hydrogen) atoms. The summed E-state index contributed by atoms with van der Waals surface area (Å²) in [5, 5.41) is 0. The zero-order valence-electron chi connectivity index (χ0n) is 11.0. The molecular formula is C15H24N2. The predicted molar refractivity (Wildman–Crippen MR) is 74.3 cm³/mol. The van der Waals surface area contributed by atoms with Crippen LogP contribution < -0.4 is 10.6 Å². The Bertz CT molecular complexity index is 362. The Morgan fingerprint density at radius 3 is 2.82 bits per heavy atom. The van der Waals surface area contributed by atoms with E-state index >= 15 is 0 Å². The average Bonchev–Trinajstić information content (AvgIpc) is 2.38. The minimum Gasteiger partial charge on any atom is -0.369 e. The van der Waals surface area contributed by atoms with Gasteiger partial charge in [0.05, 0.1) is 0 Å². The van der Waals surface area contributed by atoms with Crippen molar-refractivity contribution in [3.63, 3.8) is 0 Å². The number of para-hydroxylation sites is 1. The molecule has 0 aromatic heterocycles. The minimum absolute atomic E-state index is 0.167. The van der Waals surface area contributed by atoms with Crippen molar-refractivity contribution in [3.05, 3.63) is 29.8 Å². The summed E-state index contributed by atoms with van der Waals surface area (Å²) in [6, 6.07) is 9.46. The second kappa shape index (κ2) is 5.54. The first-order chi connectivity index (χ1) is 8.24. The molecule has 2 atom stereocenters. The lowest BCUT2D eigenvalue weighted by Gasteiger charge is -2.37. The van der Waals surface area contributed by atoms with Gasteiger partial charge in [-0.1, -0.05) is 25.1 Å². The Labute approximate surface area is 105 Å².